The van der Waals surface area contributed by atoms with Crippen molar-refractivity contribution in [3.05, 3.63) is 96.2 Å². The van der Waals surface area contributed by atoms with Crippen LogP contribution in [0.2, 0.25) is 0 Å². The zero-order valence-electron chi connectivity index (χ0n) is 15.5. The van der Waals surface area contributed by atoms with Crippen LogP contribution in [0.3, 0.4) is 0 Å². The van der Waals surface area contributed by atoms with Gasteiger partial charge in [-0.15, -0.1) is 5.10 Å². The van der Waals surface area contributed by atoms with Crippen molar-refractivity contribution in [2.24, 2.45) is 0 Å². The summed E-state index contributed by atoms with van der Waals surface area (Å²) in [4.78, 5) is 12.5. The maximum absolute atomic E-state index is 12.5. The van der Waals surface area contributed by atoms with Gasteiger partial charge < -0.3 is 5.32 Å². The summed E-state index contributed by atoms with van der Waals surface area (Å²) in [6, 6.07) is 25.4. The Labute approximate surface area is 163 Å². The predicted octanol–water partition coefficient (Wildman–Crippen LogP) is 4.54. The molecule has 0 saturated carbocycles. The summed E-state index contributed by atoms with van der Waals surface area (Å²) in [5.41, 5.74) is 5.58. The molecule has 4 rings (SSSR count). The number of aryl methyl sites for hydroxylation is 1. The highest BCUT2D eigenvalue weighted by Gasteiger charge is 2.10. The fraction of sp³-hybridized carbons (Fsp3) is 0.0870. The predicted molar refractivity (Wildman–Crippen MR) is 111 cm³/mol. The molecule has 138 valence electrons. The molecule has 4 aromatic rings. The van der Waals surface area contributed by atoms with Crippen LogP contribution in [-0.2, 0) is 0 Å². The Morgan fingerprint density at radius 1 is 0.929 bits per heavy atom. The van der Waals surface area contributed by atoms with Gasteiger partial charge in [-0.05, 0) is 43.3 Å². The van der Waals surface area contributed by atoms with Crippen LogP contribution in [0.15, 0.2) is 85.1 Å². The molecule has 0 aliphatic carbocycles. The number of aromatic nitrogens is 3. The zero-order valence-corrected chi connectivity index (χ0v) is 15.5. The van der Waals surface area contributed by atoms with E-state index in [-0.39, 0.29) is 12.3 Å². The molecule has 5 heteroatoms. The van der Waals surface area contributed by atoms with Crippen molar-refractivity contribution in [2.45, 2.75) is 6.92 Å². The van der Waals surface area contributed by atoms with Crippen LogP contribution in [0.1, 0.15) is 15.9 Å². The fourth-order valence-corrected chi connectivity index (χ4v) is 2.98. The first-order valence-corrected chi connectivity index (χ1v) is 9.11. The van der Waals surface area contributed by atoms with Gasteiger partial charge in [-0.1, -0.05) is 53.2 Å². The van der Waals surface area contributed by atoms with Crippen molar-refractivity contribution in [3.8, 4) is 16.9 Å². The Morgan fingerprint density at radius 2 is 1.64 bits per heavy atom. The minimum atomic E-state index is 0.0361. The number of anilines is 1. The number of nitrogens with zero attached hydrogens (tertiary/aromatic N) is 3. The maximum atomic E-state index is 12.5. The lowest BCUT2D eigenvalue weighted by molar-refractivity contribution is 0.101. The molecule has 0 unspecified atom stereocenters. The first-order chi connectivity index (χ1) is 13.7. The Bertz CT molecular complexity index is 1070. The summed E-state index contributed by atoms with van der Waals surface area (Å²) in [5, 5.41) is 11.4. The van der Waals surface area contributed by atoms with Crippen LogP contribution in [0.25, 0.3) is 16.9 Å². The fourth-order valence-electron chi connectivity index (χ4n) is 2.98. The molecule has 0 atom stereocenters. The van der Waals surface area contributed by atoms with Gasteiger partial charge in [0.1, 0.15) is 0 Å². The van der Waals surface area contributed by atoms with Gasteiger partial charge in [0.2, 0.25) is 0 Å². The molecule has 1 aromatic heterocycles. The van der Waals surface area contributed by atoms with E-state index in [1.807, 2.05) is 85.8 Å². The third-order valence-electron chi connectivity index (χ3n) is 4.56. The van der Waals surface area contributed by atoms with Crippen molar-refractivity contribution < 1.29 is 4.79 Å². The third-order valence-corrected chi connectivity index (χ3v) is 4.56. The van der Waals surface area contributed by atoms with Crippen molar-refractivity contribution in [3.63, 3.8) is 0 Å². The minimum Gasteiger partial charge on any atom is -0.378 e. The monoisotopic (exact) mass is 368 g/mol. The van der Waals surface area contributed by atoms with Gasteiger partial charge in [0.25, 0.3) is 0 Å². The minimum absolute atomic E-state index is 0.0361. The summed E-state index contributed by atoms with van der Waals surface area (Å²) < 4.78 is 1.77. The molecule has 1 N–H and O–H groups in total. The normalized spacial score (nSPS) is 10.6. The number of nitrogens with one attached hydrogen (secondary N) is 1. The van der Waals surface area contributed by atoms with Gasteiger partial charge in [0, 0.05) is 16.8 Å². The Balaban J connectivity index is 1.48. The highest BCUT2D eigenvalue weighted by Crippen LogP contribution is 2.21. The molecule has 0 fully saturated rings. The lowest BCUT2D eigenvalue weighted by Crippen LogP contribution is -2.14. The van der Waals surface area contributed by atoms with Crippen LogP contribution in [0.4, 0.5) is 5.69 Å². The summed E-state index contributed by atoms with van der Waals surface area (Å²) in [7, 11) is 0. The molecule has 1 heterocycles. The molecular weight excluding hydrogens is 348 g/mol. The van der Waals surface area contributed by atoms with E-state index >= 15 is 0 Å². The van der Waals surface area contributed by atoms with Crippen LogP contribution < -0.4 is 5.32 Å². The quantitative estimate of drug-likeness (QED) is 0.508. The summed E-state index contributed by atoms with van der Waals surface area (Å²) >= 11 is 0. The van der Waals surface area contributed by atoms with Crippen molar-refractivity contribution >= 4 is 11.5 Å². The molecule has 28 heavy (non-hydrogen) atoms. The Morgan fingerprint density at radius 3 is 2.36 bits per heavy atom. The smallest absolute Gasteiger partial charge is 0.181 e. The molecule has 0 spiro atoms. The van der Waals surface area contributed by atoms with E-state index in [4.69, 9.17) is 0 Å². The maximum Gasteiger partial charge on any atom is 0.181 e. The van der Waals surface area contributed by atoms with E-state index in [0.717, 1.165) is 22.6 Å². The van der Waals surface area contributed by atoms with E-state index in [2.05, 4.69) is 15.6 Å². The Kier molecular flexibility index (Phi) is 4.97. The second-order valence-electron chi connectivity index (χ2n) is 6.59. The van der Waals surface area contributed by atoms with E-state index in [1.165, 1.54) is 5.56 Å². The highest BCUT2D eigenvalue weighted by molar-refractivity contribution is 5.99. The number of Topliss-reactive ketones (excluding diaryl/α,β-unsaturated/α-hetero) is 1. The molecule has 5 nitrogen and oxygen atoms in total. The number of hydrogen-bond acceptors (Lipinski definition) is 4. The lowest BCUT2D eigenvalue weighted by atomic mass is 10.1. The molecule has 0 saturated heterocycles. The number of ketones is 1. The van der Waals surface area contributed by atoms with Crippen LogP contribution in [0, 0.1) is 6.92 Å². The van der Waals surface area contributed by atoms with Gasteiger partial charge in [0.05, 0.1) is 24.1 Å². The SMILES string of the molecule is Cc1ccc(NCC(=O)c2ccc(-n3nncc3-c3ccccc3)cc2)cc1. The number of hydrogen-bond donors (Lipinski definition) is 1. The van der Waals surface area contributed by atoms with Crippen LogP contribution >= 0.6 is 0 Å². The molecule has 0 radical (unpaired) electrons. The first-order valence-electron chi connectivity index (χ1n) is 9.11. The highest BCUT2D eigenvalue weighted by atomic mass is 16.1. The standard InChI is InChI=1S/C23H20N4O/c1-17-7-11-20(12-8-17)24-16-23(28)19-9-13-21(14-10-19)27-22(15-25-26-27)18-5-3-2-4-6-18/h2-15,24H,16H2,1H3. The van der Waals surface area contributed by atoms with Crippen molar-refractivity contribution in [1.82, 2.24) is 15.0 Å². The van der Waals surface area contributed by atoms with Crippen molar-refractivity contribution in [1.29, 1.82) is 0 Å². The number of carbonyl (C=O) groups is 1. The molecule has 0 aliphatic heterocycles. The summed E-state index contributed by atoms with van der Waals surface area (Å²) in [6.45, 7) is 2.29. The zero-order chi connectivity index (χ0) is 19.3. The first kappa shape index (κ1) is 17.7. The van der Waals surface area contributed by atoms with E-state index in [0.29, 0.717) is 5.56 Å². The second-order valence-corrected chi connectivity index (χ2v) is 6.59. The van der Waals surface area contributed by atoms with Gasteiger partial charge >= 0.3 is 0 Å². The van der Waals surface area contributed by atoms with Gasteiger partial charge in [-0.25, -0.2) is 4.68 Å². The van der Waals surface area contributed by atoms with Gasteiger partial charge in [-0.2, -0.15) is 0 Å². The molecule has 3 aromatic carbocycles. The van der Waals surface area contributed by atoms with Crippen LogP contribution in [-0.4, -0.2) is 27.3 Å². The largest absolute Gasteiger partial charge is 0.378 e. The molecule has 0 bridgehead atoms. The number of carbonyl (C=O) groups excluding carboxylic acids is 1. The second kappa shape index (κ2) is 7.88. The van der Waals surface area contributed by atoms with E-state index in [1.54, 1.807) is 10.9 Å². The molecule has 0 aliphatic rings. The average molecular weight is 368 g/mol. The lowest BCUT2D eigenvalue weighted by Gasteiger charge is -2.08. The number of benzene rings is 3. The summed E-state index contributed by atoms with van der Waals surface area (Å²) in [6.07, 6.45) is 1.74. The number of rotatable bonds is 6. The third kappa shape index (κ3) is 3.83. The molecular formula is C23H20N4O. The topological polar surface area (TPSA) is 59.8 Å². The van der Waals surface area contributed by atoms with Gasteiger partial charge in [-0.3, -0.25) is 4.79 Å². The van der Waals surface area contributed by atoms with E-state index < -0.39 is 0 Å². The van der Waals surface area contributed by atoms with Crippen LogP contribution in [0.5, 0.6) is 0 Å². The van der Waals surface area contributed by atoms with Gasteiger partial charge in [0.15, 0.2) is 5.78 Å². The average Bonchev–Trinajstić information content (AvgIpc) is 3.24. The molecule has 0 amide bonds. The van der Waals surface area contributed by atoms with Crippen molar-refractivity contribution in [2.75, 3.05) is 11.9 Å². The summed E-state index contributed by atoms with van der Waals surface area (Å²) in [5.74, 6) is 0.0361. The Hall–Kier alpha value is -3.73. The van der Waals surface area contributed by atoms with E-state index in [9.17, 15) is 4.79 Å².